The molecule has 82 heavy (non-hydrogen) atoms. The Labute approximate surface area is 478 Å². The lowest BCUT2D eigenvalue weighted by atomic mass is 9.93. The molecule has 1 aromatic carbocycles. The molecule has 27 heteroatoms. The van der Waals surface area contributed by atoms with Gasteiger partial charge in [0, 0.05) is 71.1 Å². The minimum absolute atomic E-state index is 0.0301. The highest BCUT2D eigenvalue weighted by atomic mass is 31.2. The van der Waals surface area contributed by atoms with Gasteiger partial charge in [0.05, 0.1) is 45.7 Å². The van der Waals surface area contributed by atoms with Crippen LogP contribution in [0.4, 0.5) is 15.3 Å². The van der Waals surface area contributed by atoms with Crippen molar-refractivity contribution in [2.45, 2.75) is 122 Å². The molecule has 26 nitrogen and oxygen atoms in total. The molecule has 1 unspecified atom stereocenters. The number of benzene rings is 1. The van der Waals surface area contributed by atoms with Gasteiger partial charge in [-0.25, -0.2) is 14.4 Å². The molecule has 0 aliphatic carbocycles. The normalized spacial score (nSPS) is 16.5. The van der Waals surface area contributed by atoms with Gasteiger partial charge in [0.2, 0.25) is 23.6 Å². The number of phosphoric ester groups is 1. The second-order valence-electron chi connectivity index (χ2n) is 19.5. The van der Waals surface area contributed by atoms with Gasteiger partial charge in [0.1, 0.15) is 48.9 Å². The fraction of sp³-hybridized carbons (Fsp3) is 0.564. The molecular formula is C55H82N6O20P-. The predicted octanol–water partition coefficient (Wildman–Crippen LogP) is 2.80. The third-order valence-electron chi connectivity index (χ3n) is 11.9. The minimum atomic E-state index is -5.34. The maximum absolute atomic E-state index is 13.6. The number of carbonyl (C=O) groups is 8. The molecule has 0 spiro atoms. The number of esters is 1. The van der Waals surface area contributed by atoms with Crippen molar-refractivity contribution < 1.29 is 95.9 Å². The molecule has 458 valence electrons. The van der Waals surface area contributed by atoms with Crippen LogP contribution < -0.4 is 26.6 Å². The van der Waals surface area contributed by atoms with Gasteiger partial charge in [-0.05, 0) is 62.5 Å². The first kappa shape index (κ1) is 71.5. The third-order valence-corrected chi connectivity index (χ3v) is 12.4. The van der Waals surface area contributed by atoms with Crippen LogP contribution in [-0.4, -0.2) is 182 Å². The Hall–Kier alpha value is -6.61. The number of nitrogens with zero attached hydrogens (tertiary/aromatic N) is 2. The lowest BCUT2D eigenvalue weighted by molar-refractivity contribution is -0.230. The van der Waals surface area contributed by atoms with Crippen molar-refractivity contribution in [1.29, 1.82) is 0 Å². The number of aliphatic hydroxyl groups is 2. The topological polar surface area (TPSA) is 371 Å². The van der Waals surface area contributed by atoms with Crippen molar-refractivity contribution in [3.05, 3.63) is 90.6 Å². The number of carbonyl (C=O) groups excluding carboxylic acids is 8. The summed E-state index contributed by atoms with van der Waals surface area (Å²) in [6, 6.07) is 4.42. The average molecular weight is 1180 g/mol. The molecule has 0 aromatic heterocycles. The number of primary amides is 1. The van der Waals surface area contributed by atoms with Crippen molar-refractivity contribution in [1.82, 2.24) is 20.4 Å². The number of cyclic esters (lactones) is 1. The molecule has 6 amide bonds. The Bertz CT molecular complexity index is 2390. The smallest absolute Gasteiger partial charge is 0.409 e. The average Bonchev–Trinajstić information content (AvgIpc) is 3.42. The van der Waals surface area contributed by atoms with E-state index in [0.29, 0.717) is 56.8 Å². The summed E-state index contributed by atoms with van der Waals surface area (Å²) in [7, 11) is -2.37. The zero-order valence-electron chi connectivity index (χ0n) is 47.5. The first-order valence-corrected chi connectivity index (χ1v) is 28.2. The molecule has 2 rings (SSSR count). The highest BCUT2D eigenvalue weighted by Crippen LogP contribution is 2.38. The Morgan fingerprint density at radius 1 is 0.866 bits per heavy atom. The Morgan fingerprint density at radius 2 is 1.48 bits per heavy atom. The van der Waals surface area contributed by atoms with E-state index in [1.54, 1.807) is 56.3 Å². The van der Waals surface area contributed by atoms with E-state index >= 15 is 0 Å². The number of Topliss-reactive ketones (excluding diaryl/α,β-unsaturated/α-hetero) is 1. The van der Waals surface area contributed by atoms with Crippen molar-refractivity contribution in [3.8, 4) is 0 Å². The van der Waals surface area contributed by atoms with Gasteiger partial charge < -0.3 is 84.4 Å². The number of hydrogen-bond donors (Lipinski definition) is 7. The minimum Gasteiger partial charge on any atom is -0.756 e. The van der Waals surface area contributed by atoms with Crippen molar-refractivity contribution >= 4 is 61.1 Å². The monoisotopic (exact) mass is 1180 g/mol. The molecule has 1 aliphatic heterocycles. The maximum atomic E-state index is 13.6. The SMILES string of the molecule is CC(=O)CCOCCOCCOCCC(=O)N[C@H](C(=O)N[C@@H](CCCCC(N)=O)C(=O)Nc1ccc(COC(=O)N(C)CCN(C)C(=O)OC\C=C/C=C\C=C/[C@@H](O)C[C@H](OP(=O)([O-])O)[C@@](C)(O)/C=C/[C@@H]2CC=CC(=O)O2)cc1)C(C)C. The van der Waals surface area contributed by atoms with E-state index in [9.17, 15) is 62.9 Å². The third kappa shape index (κ3) is 32.7. The van der Waals surface area contributed by atoms with Gasteiger partial charge in [-0.15, -0.1) is 0 Å². The van der Waals surface area contributed by atoms with Crippen LogP contribution in [0.25, 0.3) is 0 Å². The van der Waals surface area contributed by atoms with Crippen LogP contribution in [0.15, 0.2) is 85.0 Å². The number of allylic oxidation sites excluding steroid dienone is 4. The van der Waals surface area contributed by atoms with E-state index in [4.69, 9.17) is 34.2 Å². The van der Waals surface area contributed by atoms with Gasteiger partial charge in [-0.1, -0.05) is 74.9 Å². The highest BCUT2D eigenvalue weighted by Gasteiger charge is 2.35. The molecule has 0 bridgehead atoms. The van der Waals surface area contributed by atoms with E-state index < -0.39 is 92.0 Å². The molecule has 0 saturated heterocycles. The molecule has 1 aromatic rings. The van der Waals surface area contributed by atoms with Crippen LogP contribution >= 0.6 is 7.82 Å². The number of amides is 6. The second kappa shape index (κ2) is 39.0. The summed E-state index contributed by atoms with van der Waals surface area (Å²) in [5, 5.41) is 29.7. The number of ketones is 1. The largest absolute Gasteiger partial charge is 0.756 e. The Morgan fingerprint density at radius 3 is 2.07 bits per heavy atom. The summed E-state index contributed by atoms with van der Waals surface area (Å²) in [6.45, 7) is 7.73. The first-order chi connectivity index (χ1) is 38.8. The number of nitrogens with one attached hydrogen (secondary N) is 3. The van der Waals surface area contributed by atoms with E-state index in [1.165, 1.54) is 74.2 Å². The van der Waals surface area contributed by atoms with E-state index in [1.807, 2.05) is 0 Å². The molecule has 7 atom stereocenters. The van der Waals surface area contributed by atoms with E-state index in [0.717, 1.165) is 6.08 Å². The van der Waals surface area contributed by atoms with Crippen LogP contribution in [0, 0.1) is 5.92 Å². The van der Waals surface area contributed by atoms with Gasteiger partial charge in [-0.3, -0.25) is 28.5 Å². The van der Waals surface area contributed by atoms with Gasteiger partial charge in [0.25, 0.3) is 7.82 Å². The zero-order valence-corrected chi connectivity index (χ0v) is 48.4. The molecule has 8 N–H and O–H groups in total. The highest BCUT2D eigenvalue weighted by molar-refractivity contribution is 7.44. The van der Waals surface area contributed by atoms with E-state index in [-0.39, 0.29) is 77.1 Å². The number of rotatable bonds is 40. The van der Waals surface area contributed by atoms with Crippen LogP contribution in [0.3, 0.4) is 0 Å². The Balaban J connectivity index is 1.81. The van der Waals surface area contributed by atoms with Crippen LogP contribution in [0.2, 0.25) is 0 Å². The number of nitrogens with two attached hydrogens (primary N) is 1. The second-order valence-corrected chi connectivity index (χ2v) is 20.7. The van der Waals surface area contributed by atoms with Gasteiger partial charge >= 0.3 is 18.2 Å². The number of hydrogen-bond acceptors (Lipinski definition) is 19. The van der Waals surface area contributed by atoms with Gasteiger partial charge in [0.15, 0.2) is 0 Å². The fourth-order valence-corrected chi connectivity index (χ4v) is 7.75. The van der Waals surface area contributed by atoms with Crippen molar-refractivity contribution in [2.24, 2.45) is 11.7 Å². The number of aliphatic hydroxyl groups excluding tert-OH is 1. The Kier molecular flexibility index (Phi) is 34.0. The number of ether oxygens (including phenoxy) is 6. The summed E-state index contributed by atoms with van der Waals surface area (Å²) in [6.07, 6.45) is 10.3. The molecule has 1 aliphatic rings. The first-order valence-electron chi connectivity index (χ1n) is 26.7. The molecule has 0 radical (unpaired) electrons. The fourth-order valence-electron chi connectivity index (χ4n) is 7.13. The number of anilines is 1. The van der Waals surface area contributed by atoms with Gasteiger partial charge in [-0.2, -0.15) is 0 Å². The number of unbranched alkanes of at least 4 members (excludes halogenated alkanes) is 1. The summed E-state index contributed by atoms with van der Waals surface area (Å²) < 4.78 is 48.1. The predicted molar refractivity (Wildman–Crippen MR) is 297 cm³/mol. The zero-order chi connectivity index (χ0) is 61.1. The number of phosphoric acid groups is 1. The summed E-state index contributed by atoms with van der Waals surface area (Å²) in [4.78, 5) is 122. The van der Waals surface area contributed by atoms with Crippen LogP contribution in [0.1, 0.15) is 84.6 Å². The van der Waals surface area contributed by atoms with Crippen molar-refractivity contribution in [2.75, 3.05) is 78.7 Å². The molecular weight excluding hydrogens is 1100 g/mol. The maximum Gasteiger partial charge on any atom is 0.409 e. The van der Waals surface area contributed by atoms with Crippen LogP contribution in [0.5, 0.6) is 0 Å². The summed E-state index contributed by atoms with van der Waals surface area (Å²) in [5.41, 5.74) is 4.24. The number of likely N-dealkylation sites (N-methyl/N-ethyl adjacent to an activating group) is 2. The van der Waals surface area contributed by atoms with Crippen LogP contribution in [-0.2, 0) is 72.9 Å². The summed E-state index contributed by atoms with van der Waals surface area (Å²) >= 11 is 0. The quantitative estimate of drug-likeness (QED) is 0.0124. The standard InChI is InChI=1S/C55H83N6O20P/c1-39(2)50(59-48(65)26-32-76-34-36-77-35-33-75-31-25-40(3)62)52(68)58-45(17-11-12-18-47(56)64)51(67)57-42-22-20-41(21-23-42)38-79-54(70)61(6)29-28-60(5)53(69)78-30-13-9-7-8-10-15-43(63)37-46(81-82(72,73)74)55(4,71)27-24-44-16-14-19-49(66)80-44/h7-10,13-15,19-24,27,39,43-46,50,63,71H,11-12,16-18,25-26,28-38H2,1-6H3,(H2,56,64)(H,57,67)(H,58,68)(H,59,65)(H2,72,73,74)/p-1/b8-7-,13-9-,15-10-,27-24+/t43-,44+,45+,46+,50+,55+/m1/s1. The van der Waals surface area contributed by atoms with E-state index in [2.05, 4.69) is 20.5 Å². The molecule has 1 heterocycles. The molecule has 0 saturated carbocycles. The lowest BCUT2D eigenvalue weighted by Gasteiger charge is -2.34. The summed E-state index contributed by atoms with van der Waals surface area (Å²) in [5.74, 6) is -2.96. The molecule has 0 fully saturated rings. The van der Waals surface area contributed by atoms with Crippen molar-refractivity contribution in [3.63, 3.8) is 0 Å². The lowest BCUT2D eigenvalue weighted by Crippen LogP contribution is -2.54.